The molecule has 0 radical (unpaired) electrons. The predicted octanol–water partition coefficient (Wildman–Crippen LogP) is 4.00. The first-order valence-electron chi connectivity index (χ1n) is 6.03. The van der Waals surface area contributed by atoms with E-state index >= 15 is 0 Å². The van der Waals surface area contributed by atoms with Crippen molar-refractivity contribution in [2.75, 3.05) is 5.32 Å². The van der Waals surface area contributed by atoms with Crippen LogP contribution in [0.5, 0.6) is 0 Å². The van der Waals surface area contributed by atoms with Gasteiger partial charge in [-0.15, -0.1) is 0 Å². The quantitative estimate of drug-likeness (QED) is 0.871. The number of hydrogen-bond donors (Lipinski definition) is 1. The number of benzene rings is 2. The summed E-state index contributed by atoms with van der Waals surface area (Å²) in [6.45, 7) is 0. The van der Waals surface area contributed by atoms with Crippen molar-refractivity contribution in [1.82, 2.24) is 0 Å². The zero-order valence-corrected chi connectivity index (χ0v) is 11.6. The molecule has 2 rings (SSSR count). The molecular weight excluding hydrogens is 291 g/mol. The van der Waals surface area contributed by atoms with E-state index in [1.807, 2.05) is 6.07 Å². The minimum absolute atomic E-state index is 0.289. The van der Waals surface area contributed by atoms with Crippen LogP contribution in [0, 0.1) is 17.1 Å². The molecule has 104 valence electrons. The summed E-state index contributed by atoms with van der Waals surface area (Å²) in [6.07, 6.45) is 2.89. The van der Waals surface area contributed by atoms with Crippen LogP contribution in [-0.4, -0.2) is 5.91 Å². The highest BCUT2D eigenvalue weighted by molar-refractivity contribution is 6.31. The molecule has 0 bridgehead atoms. The average Bonchev–Trinajstić information content (AvgIpc) is 2.48. The van der Waals surface area contributed by atoms with Gasteiger partial charge in [0.15, 0.2) is 0 Å². The van der Waals surface area contributed by atoms with Crippen molar-refractivity contribution in [3.8, 4) is 6.07 Å². The van der Waals surface area contributed by atoms with Gasteiger partial charge in [-0.3, -0.25) is 4.79 Å². The predicted molar refractivity (Wildman–Crippen MR) is 80.2 cm³/mol. The fourth-order valence-corrected chi connectivity index (χ4v) is 1.78. The summed E-state index contributed by atoms with van der Waals surface area (Å²) in [5.41, 5.74) is 1.47. The van der Waals surface area contributed by atoms with E-state index in [9.17, 15) is 9.18 Å². The van der Waals surface area contributed by atoms with Gasteiger partial charge in [-0.1, -0.05) is 23.7 Å². The normalized spacial score (nSPS) is 10.3. The first-order valence-corrected chi connectivity index (χ1v) is 6.40. The molecule has 0 aromatic heterocycles. The Hall–Kier alpha value is -2.64. The number of anilines is 1. The molecule has 1 amide bonds. The molecule has 2 aromatic carbocycles. The lowest BCUT2D eigenvalue weighted by Gasteiger charge is -2.03. The second kappa shape index (κ2) is 6.69. The lowest BCUT2D eigenvalue weighted by molar-refractivity contribution is -0.111. The molecule has 0 atom stereocenters. The number of rotatable bonds is 3. The first-order chi connectivity index (χ1) is 10.1. The highest BCUT2D eigenvalue weighted by Gasteiger charge is 2.03. The average molecular weight is 301 g/mol. The van der Waals surface area contributed by atoms with Crippen LogP contribution in [0.3, 0.4) is 0 Å². The molecule has 5 heteroatoms. The standard InChI is InChI=1S/C16H10ClFN2O/c17-15-7-6-14(9-12(15)10-19)20-16(21)8-3-11-1-4-13(18)5-2-11/h1-9H,(H,20,21)/b8-3+. The van der Waals surface area contributed by atoms with Crippen molar-refractivity contribution in [2.45, 2.75) is 0 Å². The molecule has 21 heavy (non-hydrogen) atoms. The summed E-state index contributed by atoms with van der Waals surface area (Å²) in [6, 6.07) is 12.3. The molecule has 0 unspecified atom stereocenters. The van der Waals surface area contributed by atoms with E-state index in [4.69, 9.17) is 16.9 Å². The molecule has 0 saturated heterocycles. The molecule has 0 aliphatic carbocycles. The van der Waals surface area contributed by atoms with Crippen LogP contribution in [0.15, 0.2) is 48.5 Å². The maximum atomic E-state index is 12.7. The van der Waals surface area contributed by atoms with Gasteiger partial charge in [0, 0.05) is 11.8 Å². The Morgan fingerprint density at radius 2 is 1.95 bits per heavy atom. The van der Waals surface area contributed by atoms with Crippen LogP contribution < -0.4 is 5.32 Å². The highest BCUT2D eigenvalue weighted by Crippen LogP contribution is 2.19. The van der Waals surface area contributed by atoms with Crippen molar-refractivity contribution >= 4 is 29.3 Å². The lowest BCUT2D eigenvalue weighted by atomic mass is 10.2. The Morgan fingerprint density at radius 1 is 1.24 bits per heavy atom. The number of halogens is 2. The van der Waals surface area contributed by atoms with E-state index in [-0.39, 0.29) is 17.3 Å². The number of carbonyl (C=O) groups excluding carboxylic acids is 1. The maximum Gasteiger partial charge on any atom is 0.248 e. The third-order valence-corrected chi connectivity index (χ3v) is 2.98. The van der Waals surface area contributed by atoms with Crippen molar-refractivity contribution in [2.24, 2.45) is 0 Å². The number of nitrogens with one attached hydrogen (secondary N) is 1. The molecule has 0 spiro atoms. The summed E-state index contributed by atoms with van der Waals surface area (Å²) >= 11 is 5.81. The Bertz CT molecular complexity index is 733. The van der Waals surface area contributed by atoms with Crippen molar-refractivity contribution in [1.29, 1.82) is 5.26 Å². The molecule has 0 saturated carbocycles. The fraction of sp³-hybridized carbons (Fsp3) is 0. The molecule has 0 heterocycles. The Morgan fingerprint density at radius 3 is 2.62 bits per heavy atom. The van der Waals surface area contributed by atoms with Gasteiger partial charge in [0.25, 0.3) is 0 Å². The van der Waals surface area contributed by atoms with E-state index in [1.165, 1.54) is 24.3 Å². The van der Waals surface area contributed by atoms with Gasteiger partial charge in [0.1, 0.15) is 11.9 Å². The van der Waals surface area contributed by atoms with Crippen LogP contribution in [0.4, 0.5) is 10.1 Å². The SMILES string of the molecule is N#Cc1cc(NC(=O)/C=C/c2ccc(F)cc2)ccc1Cl. The molecule has 3 nitrogen and oxygen atoms in total. The number of carbonyl (C=O) groups is 1. The van der Waals surface area contributed by atoms with Crippen LogP contribution in [-0.2, 0) is 4.79 Å². The van der Waals surface area contributed by atoms with Gasteiger partial charge in [-0.2, -0.15) is 5.26 Å². The van der Waals surface area contributed by atoms with Gasteiger partial charge in [0.05, 0.1) is 10.6 Å². The second-order valence-corrected chi connectivity index (χ2v) is 4.59. The third-order valence-electron chi connectivity index (χ3n) is 2.65. The summed E-state index contributed by atoms with van der Waals surface area (Å²) in [5, 5.41) is 11.8. The topological polar surface area (TPSA) is 52.9 Å². The van der Waals surface area contributed by atoms with Gasteiger partial charge in [-0.05, 0) is 42.0 Å². The first kappa shape index (κ1) is 14.8. The summed E-state index contributed by atoms with van der Waals surface area (Å²) in [4.78, 5) is 11.7. The highest BCUT2D eigenvalue weighted by atomic mass is 35.5. The lowest BCUT2D eigenvalue weighted by Crippen LogP contribution is -2.07. The van der Waals surface area contributed by atoms with E-state index in [0.29, 0.717) is 16.3 Å². The van der Waals surface area contributed by atoms with Crippen LogP contribution >= 0.6 is 11.6 Å². The molecule has 0 aliphatic rings. The monoisotopic (exact) mass is 300 g/mol. The maximum absolute atomic E-state index is 12.7. The second-order valence-electron chi connectivity index (χ2n) is 4.18. The Balaban J connectivity index is 2.05. The van der Waals surface area contributed by atoms with Gasteiger partial charge in [0.2, 0.25) is 5.91 Å². The van der Waals surface area contributed by atoms with Crippen molar-refractivity contribution < 1.29 is 9.18 Å². The number of amides is 1. The zero-order valence-electron chi connectivity index (χ0n) is 10.8. The minimum Gasteiger partial charge on any atom is -0.322 e. The van der Waals surface area contributed by atoms with E-state index in [2.05, 4.69) is 5.32 Å². The van der Waals surface area contributed by atoms with Crippen molar-refractivity contribution in [3.63, 3.8) is 0 Å². The van der Waals surface area contributed by atoms with Crippen LogP contribution in [0.1, 0.15) is 11.1 Å². The molecule has 0 aliphatic heterocycles. The molecule has 0 fully saturated rings. The summed E-state index contributed by atoms with van der Waals surface area (Å²) < 4.78 is 12.7. The fourth-order valence-electron chi connectivity index (χ4n) is 1.62. The minimum atomic E-state index is -0.356. The summed E-state index contributed by atoms with van der Waals surface area (Å²) in [5.74, 6) is -0.688. The molecule has 1 N–H and O–H groups in total. The van der Waals surface area contributed by atoms with Gasteiger partial charge < -0.3 is 5.32 Å². The van der Waals surface area contributed by atoms with Gasteiger partial charge >= 0.3 is 0 Å². The van der Waals surface area contributed by atoms with Gasteiger partial charge in [-0.25, -0.2) is 4.39 Å². The number of hydrogen-bond acceptors (Lipinski definition) is 2. The van der Waals surface area contributed by atoms with Crippen LogP contribution in [0.2, 0.25) is 5.02 Å². The number of nitriles is 1. The molecular formula is C16H10ClFN2O. The van der Waals surface area contributed by atoms with E-state index in [1.54, 1.807) is 30.3 Å². The largest absolute Gasteiger partial charge is 0.322 e. The Kier molecular flexibility index (Phi) is 4.70. The Labute approximate surface area is 126 Å². The van der Waals surface area contributed by atoms with Crippen molar-refractivity contribution in [3.05, 3.63) is 70.5 Å². The van der Waals surface area contributed by atoms with E-state index in [0.717, 1.165) is 0 Å². The number of nitrogens with zero attached hydrogens (tertiary/aromatic N) is 1. The van der Waals surface area contributed by atoms with Crippen LogP contribution in [0.25, 0.3) is 6.08 Å². The third kappa shape index (κ3) is 4.16. The summed E-state index contributed by atoms with van der Waals surface area (Å²) in [7, 11) is 0. The molecule has 2 aromatic rings. The van der Waals surface area contributed by atoms with E-state index < -0.39 is 0 Å². The zero-order chi connectivity index (χ0) is 15.2. The smallest absolute Gasteiger partial charge is 0.248 e.